The highest BCUT2D eigenvalue weighted by Gasteiger charge is 2.26. The standard InChI is InChI=1S/C45H28N4O2/c1-3-12-27(13-4-1)43-46-44(28-14-5-2-6-15-28)48-45(47-43)35-18-11-21-38-40(35)34-25-24-33-32-23-22-29(26-39(32)51-41(33)42(34)50-38)49-36-19-9-7-16-30(36)31-17-8-10-20-37(31)49/h1-26,45H,(H,46,47,48). The highest BCUT2D eigenvalue weighted by atomic mass is 16.4. The maximum Gasteiger partial charge on any atom is 0.178 e. The van der Waals surface area contributed by atoms with Crippen LogP contribution in [0, 0.1) is 0 Å². The number of benzene rings is 7. The van der Waals surface area contributed by atoms with Gasteiger partial charge in [-0.15, -0.1) is 0 Å². The monoisotopic (exact) mass is 656 g/mol. The Labute approximate surface area is 291 Å². The number of amidine groups is 2. The summed E-state index contributed by atoms with van der Waals surface area (Å²) in [5.41, 5.74) is 9.40. The number of hydrogen-bond acceptors (Lipinski definition) is 5. The van der Waals surface area contributed by atoms with Crippen LogP contribution in [-0.4, -0.2) is 16.2 Å². The zero-order chi connectivity index (χ0) is 33.5. The van der Waals surface area contributed by atoms with Gasteiger partial charge in [0, 0.05) is 60.8 Å². The summed E-state index contributed by atoms with van der Waals surface area (Å²) in [6.07, 6.45) is -0.391. The zero-order valence-electron chi connectivity index (χ0n) is 27.2. The molecule has 6 nitrogen and oxygen atoms in total. The summed E-state index contributed by atoms with van der Waals surface area (Å²) >= 11 is 0. The van der Waals surface area contributed by atoms with Crippen molar-refractivity contribution in [3.05, 3.63) is 174 Å². The maximum atomic E-state index is 6.72. The molecule has 0 spiro atoms. The molecule has 1 atom stereocenters. The molecule has 11 rings (SSSR count). The SMILES string of the molecule is c1ccc(C2=NC(c3cccc4oc5c(ccc6c7ccc(-n8c9ccccc9c9ccccc98)cc7oc65)c34)NC(c3ccccc3)=N2)cc1. The van der Waals surface area contributed by atoms with Crippen molar-refractivity contribution in [2.75, 3.05) is 0 Å². The van der Waals surface area contributed by atoms with Gasteiger partial charge in [-0.3, -0.25) is 0 Å². The molecule has 0 bridgehead atoms. The first kappa shape index (κ1) is 28.0. The number of rotatable bonds is 4. The van der Waals surface area contributed by atoms with E-state index in [4.69, 9.17) is 18.8 Å². The van der Waals surface area contributed by atoms with Gasteiger partial charge < -0.3 is 18.7 Å². The highest BCUT2D eigenvalue weighted by Crippen LogP contribution is 2.42. The summed E-state index contributed by atoms with van der Waals surface area (Å²) in [6, 6.07) is 54.4. The van der Waals surface area contributed by atoms with E-state index in [0.717, 1.165) is 83.1 Å². The number of hydrogen-bond donors (Lipinski definition) is 1. The average molecular weight is 657 g/mol. The van der Waals surface area contributed by atoms with E-state index in [-0.39, 0.29) is 0 Å². The molecule has 10 aromatic rings. The van der Waals surface area contributed by atoms with Crippen LogP contribution in [0.1, 0.15) is 22.9 Å². The fourth-order valence-corrected chi connectivity index (χ4v) is 7.77. The van der Waals surface area contributed by atoms with Crippen LogP contribution in [0.15, 0.2) is 177 Å². The summed E-state index contributed by atoms with van der Waals surface area (Å²) < 4.78 is 15.7. The second kappa shape index (κ2) is 10.8. The fourth-order valence-electron chi connectivity index (χ4n) is 7.77. The molecular formula is C45H28N4O2. The smallest absolute Gasteiger partial charge is 0.178 e. The van der Waals surface area contributed by atoms with Crippen LogP contribution in [0.5, 0.6) is 0 Å². The summed E-state index contributed by atoms with van der Waals surface area (Å²) in [6.45, 7) is 0. The van der Waals surface area contributed by atoms with Crippen LogP contribution < -0.4 is 5.32 Å². The average Bonchev–Trinajstić information content (AvgIpc) is 3.88. The van der Waals surface area contributed by atoms with Crippen molar-refractivity contribution in [2.45, 2.75) is 6.17 Å². The van der Waals surface area contributed by atoms with Crippen LogP contribution in [0.2, 0.25) is 0 Å². The van der Waals surface area contributed by atoms with Gasteiger partial charge >= 0.3 is 0 Å². The van der Waals surface area contributed by atoms with Gasteiger partial charge in [-0.2, -0.15) is 0 Å². The Morgan fingerprint density at radius 3 is 1.90 bits per heavy atom. The molecule has 0 saturated carbocycles. The third-order valence-corrected chi connectivity index (χ3v) is 10.1. The van der Waals surface area contributed by atoms with Gasteiger partial charge in [-0.25, -0.2) is 9.98 Å². The first-order valence-corrected chi connectivity index (χ1v) is 17.1. The minimum Gasteiger partial charge on any atom is -0.452 e. The van der Waals surface area contributed by atoms with Crippen molar-refractivity contribution >= 4 is 77.4 Å². The lowest BCUT2D eigenvalue weighted by molar-refractivity contribution is 0.632. The van der Waals surface area contributed by atoms with Gasteiger partial charge in [0.25, 0.3) is 0 Å². The van der Waals surface area contributed by atoms with Gasteiger partial charge in [0.2, 0.25) is 0 Å². The molecule has 0 saturated heterocycles. The Kier molecular flexibility index (Phi) is 5.92. The predicted octanol–water partition coefficient (Wildman–Crippen LogP) is 11.1. The highest BCUT2D eigenvalue weighted by molar-refractivity contribution is 6.20. The van der Waals surface area contributed by atoms with Gasteiger partial charge in [-0.1, -0.05) is 109 Å². The largest absolute Gasteiger partial charge is 0.452 e. The Bertz CT molecular complexity index is 3000. The number of aliphatic imine (C=N–C) groups is 2. The lowest BCUT2D eigenvalue weighted by Crippen LogP contribution is -2.33. The summed E-state index contributed by atoms with van der Waals surface area (Å²) in [5, 5.41) is 10.1. The van der Waals surface area contributed by atoms with Crippen LogP contribution in [0.25, 0.3) is 71.4 Å². The van der Waals surface area contributed by atoms with Crippen molar-refractivity contribution in [1.82, 2.24) is 9.88 Å². The molecule has 1 N–H and O–H groups in total. The minimum absolute atomic E-state index is 0.391. The number of nitrogens with zero attached hydrogens (tertiary/aromatic N) is 3. The summed E-state index contributed by atoms with van der Waals surface area (Å²) in [5.74, 6) is 1.46. The van der Waals surface area contributed by atoms with Crippen LogP contribution in [-0.2, 0) is 0 Å². The molecule has 1 unspecified atom stereocenters. The molecule has 0 fully saturated rings. The molecule has 0 aliphatic carbocycles. The van der Waals surface area contributed by atoms with Gasteiger partial charge in [0.15, 0.2) is 17.0 Å². The van der Waals surface area contributed by atoms with E-state index in [1.165, 1.54) is 10.8 Å². The first-order valence-electron chi connectivity index (χ1n) is 17.1. The lowest BCUT2D eigenvalue weighted by Gasteiger charge is -2.24. The minimum atomic E-state index is -0.391. The molecule has 7 aromatic carbocycles. The van der Waals surface area contributed by atoms with E-state index in [1.807, 2.05) is 60.7 Å². The molecule has 1 aliphatic heterocycles. The summed E-state index contributed by atoms with van der Waals surface area (Å²) in [7, 11) is 0. The van der Waals surface area contributed by atoms with Crippen molar-refractivity contribution in [3.63, 3.8) is 0 Å². The van der Waals surface area contributed by atoms with Crippen molar-refractivity contribution in [2.24, 2.45) is 9.98 Å². The fraction of sp³-hybridized carbons (Fsp3) is 0.0222. The second-order valence-corrected chi connectivity index (χ2v) is 13.0. The molecule has 4 heterocycles. The Hall–Kier alpha value is -6.92. The lowest BCUT2D eigenvalue weighted by atomic mass is 10.0. The molecular weight excluding hydrogens is 629 g/mol. The number of furan rings is 2. The Balaban J connectivity index is 1.08. The molecule has 6 heteroatoms. The summed E-state index contributed by atoms with van der Waals surface area (Å²) in [4.78, 5) is 10.1. The molecule has 51 heavy (non-hydrogen) atoms. The maximum absolute atomic E-state index is 6.72. The van der Waals surface area contributed by atoms with Crippen LogP contribution in [0.4, 0.5) is 0 Å². The molecule has 240 valence electrons. The predicted molar refractivity (Wildman–Crippen MR) is 207 cm³/mol. The number of nitrogens with one attached hydrogen (secondary N) is 1. The molecule has 0 radical (unpaired) electrons. The van der Waals surface area contributed by atoms with E-state index in [0.29, 0.717) is 5.84 Å². The zero-order valence-corrected chi connectivity index (χ0v) is 27.2. The van der Waals surface area contributed by atoms with Gasteiger partial charge in [-0.05, 0) is 42.5 Å². The van der Waals surface area contributed by atoms with Crippen molar-refractivity contribution < 1.29 is 8.83 Å². The second-order valence-electron chi connectivity index (χ2n) is 13.0. The van der Waals surface area contributed by atoms with Crippen LogP contribution >= 0.6 is 0 Å². The number of para-hydroxylation sites is 2. The molecule has 1 aliphatic rings. The number of fused-ring (bicyclic) bond motifs is 10. The third kappa shape index (κ3) is 4.23. The van der Waals surface area contributed by atoms with E-state index in [2.05, 4.69) is 107 Å². The Morgan fingerprint density at radius 1 is 0.510 bits per heavy atom. The number of aromatic nitrogens is 1. The van der Waals surface area contributed by atoms with Gasteiger partial charge in [0.05, 0.1) is 11.0 Å². The van der Waals surface area contributed by atoms with E-state index >= 15 is 0 Å². The molecule has 0 amide bonds. The van der Waals surface area contributed by atoms with E-state index < -0.39 is 6.17 Å². The Morgan fingerprint density at radius 2 is 1.14 bits per heavy atom. The van der Waals surface area contributed by atoms with Crippen molar-refractivity contribution in [1.29, 1.82) is 0 Å². The van der Waals surface area contributed by atoms with E-state index in [1.54, 1.807) is 0 Å². The van der Waals surface area contributed by atoms with E-state index in [9.17, 15) is 0 Å². The van der Waals surface area contributed by atoms with Crippen molar-refractivity contribution in [3.8, 4) is 5.69 Å². The quantitative estimate of drug-likeness (QED) is 0.205. The van der Waals surface area contributed by atoms with Crippen LogP contribution in [0.3, 0.4) is 0 Å². The first-order chi connectivity index (χ1) is 25.3. The van der Waals surface area contributed by atoms with Gasteiger partial charge in [0.1, 0.15) is 23.2 Å². The molecule has 3 aromatic heterocycles. The third-order valence-electron chi connectivity index (χ3n) is 10.1. The normalized spacial score (nSPS) is 14.9. The topological polar surface area (TPSA) is 68.0 Å².